The molecule has 4 nitrogen and oxygen atoms in total. The summed E-state index contributed by atoms with van der Waals surface area (Å²) in [5.74, 6) is 0.527. The average Bonchev–Trinajstić information content (AvgIpc) is 3.08. The fourth-order valence-electron chi connectivity index (χ4n) is 4.83. The molecule has 1 aliphatic heterocycles. The van der Waals surface area contributed by atoms with E-state index >= 15 is 0 Å². The molecule has 4 unspecified atom stereocenters. The first-order valence-electron chi connectivity index (χ1n) is 10.8. The maximum atomic E-state index is 13.3. The van der Waals surface area contributed by atoms with Gasteiger partial charge in [0.2, 0.25) is 5.91 Å². The van der Waals surface area contributed by atoms with Gasteiger partial charge in [-0.05, 0) is 50.7 Å². The standard InChI is InChI=1S/C23H34N2O2/c1-3-4-6-11-17(2)24-22(26)21-16-19-14-9-10-15-20(19)25(21)23(27)18-12-7-5-8-13-18/h5,7-8,12-13,17,19-21H,3-4,6,9-11,14-16H2,1-2H3,(H,24,26). The van der Waals surface area contributed by atoms with Crippen LogP contribution in [0.5, 0.6) is 0 Å². The van der Waals surface area contributed by atoms with Gasteiger partial charge in [0.1, 0.15) is 6.04 Å². The van der Waals surface area contributed by atoms with Crippen molar-refractivity contribution in [2.45, 2.75) is 89.8 Å². The minimum atomic E-state index is -0.320. The van der Waals surface area contributed by atoms with E-state index in [2.05, 4.69) is 19.2 Å². The second kappa shape index (κ2) is 9.38. The topological polar surface area (TPSA) is 49.4 Å². The van der Waals surface area contributed by atoms with Crippen molar-refractivity contribution in [3.05, 3.63) is 35.9 Å². The van der Waals surface area contributed by atoms with E-state index in [9.17, 15) is 9.59 Å². The summed E-state index contributed by atoms with van der Waals surface area (Å²) in [6.45, 7) is 4.27. The first-order valence-corrected chi connectivity index (χ1v) is 10.8. The minimum Gasteiger partial charge on any atom is -0.352 e. The minimum absolute atomic E-state index is 0.0174. The Morgan fingerprint density at radius 1 is 1.15 bits per heavy atom. The zero-order valence-corrected chi connectivity index (χ0v) is 16.8. The zero-order valence-electron chi connectivity index (χ0n) is 16.8. The van der Waals surface area contributed by atoms with Gasteiger partial charge in [0.25, 0.3) is 5.91 Å². The average molecular weight is 371 g/mol. The van der Waals surface area contributed by atoms with Crippen LogP contribution < -0.4 is 5.32 Å². The Kier molecular flexibility index (Phi) is 6.92. The highest BCUT2D eigenvalue weighted by Crippen LogP contribution is 2.40. The second-order valence-electron chi connectivity index (χ2n) is 8.35. The maximum absolute atomic E-state index is 13.3. The van der Waals surface area contributed by atoms with Crippen LogP contribution in [0, 0.1) is 5.92 Å². The van der Waals surface area contributed by atoms with Crippen LogP contribution in [0.3, 0.4) is 0 Å². The lowest BCUT2D eigenvalue weighted by Crippen LogP contribution is -2.51. The number of likely N-dealkylation sites (tertiary alicyclic amines) is 1. The number of unbranched alkanes of at least 4 members (excludes halogenated alkanes) is 2. The van der Waals surface area contributed by atoms with E-state index in [0.29, 0.717) is 11.5 Å². The molecule has 1 aliphatic carbocycles. The van der Waals surface area contributed by atoms with Gasteiger partial charge in [-0.3, -0.25) is 9.59 Å². The third kappa shape index (κ3) is 4.72. The predicted octanol–water partition coefficient (Wildman–Crippen LogP) is 4.54. The number of fused-ring (bicyclic) bond motifs is 1. The summed E-state index contributed by atoms with van der Waals surface area (Å²) in [6, 6.07) is 9.50. The summed E-state index contributed by atoms with van der Waals surface area (Å²) >= 11 is 0. The van der Waals surface area contributed by atoms with Crippen molar-refractivity contribution < 1.29 is 9.59 Å². The van der Waals surface area contributed by atoms with Crippen molar-refractivity contribution >= 4 is 11.8 Å². The fourth-order valence-corrected chi connectivity index (χ4v) is 4.83. The van der Waals surface area contributed by atoms with Crippen LogP contribution in [0.25, 0.3) is 0 Å². The highest BCUT2D eigenvalue weighted by atomic mass is 16.2. The molecule has 1 heterocycles. The molecule has 1 saturated heterocycles. The van der Waals surface area contributed by atoms with Crippen LogP contribution in [-0.4, -0.2) is 34.8 Å². The largest absolute Gasteiger partial charge is 0.352 e. The van der Waals surface area contributed by atoms with Crippen molar-refractivity contribution in [1.82, 2.24) is 10.2 Å². The van der Waals surface area contributed by atoms with Crippen molar-refractivity contribution in [3.8, 4) is 0 Å². The molecule has 1 saturated carbocycles. The van der Waals surface area contributed by atoms with Crippen molar-refractivity contribution in [3.63, 3.8) is 0 Å². The molecule has 2 aliphatic rings. The SMILES string of the molecule is CCCCCC(C)NC(=O)C1CC2CCCCC2N1C(=O)c1ccccc1. The van der Waals surface area contributed by atoms with Crippen molar-refractivity contribution in [2.75, 3.05) is 0 Å². The number of hydrogen-bond acceptors (Lipinski definition) is 2. The van der Waals surface area contributed by atoms with Gasteiger partial charge in [-0.1, -0.05) is 57.2 Å². The summed E-state index contributed by atoms with van der Waals surface area (Å²) in [7, 11) is 0. The monoisotopic (exact) mass is 370 g/mol. The smallest absolute Gasteiger partial charge is 0.254 e. The second-order valence-corrected chi connectivity index (χ2v) is 8.35. The normalized spacial score (nSPS) is 25.7. The Morgan fingerprint density at radius 2 is 1.89 bits per heavy atom. The number of carbonyl (C=O) groups is 2. The van der Waals surface area contributed by atoms with E-state index in [1.54, 1.807) is 0 Å². The Balaban J connectivity index is 1.73. The van der Waals surface area contributed by atoms with E-state index < -0.39 is 0 Å². The molecule has 2 amide bonds. The molecule has 1 N–H and O–H groups in total. The van der Waals surface area contributed by atoms with Crippen LogP contribution in [0.15, 0.2) is 30.3 Å². The molecule has 27 heavy (non-hydrogen) atoms. The molecule has 0 radical (unpaired) electrons. The molecule has 2 fully saturated rings. The van der Waals surface area contributed by atoms with Gasteiger partial charge >= 0.3 is 0 Å². The Hall–Kier alpha value is -1.84. The van der Waals surface area contributed by atoms with E-state index in [1.807, 2.05) is 35.2 Å². The first-order chi connectivity index (χ1) is 13.1. The molecular weight excluding hydrogens is 336 g/mol. The number of carbonyl (C=O) groups excluding carboxylic acids is 2. The van der Waals surface area contributed by atoms with Gasteiger partial charge in [-0.15, -0.1) is 0 Å². The number of hydrogen-bond donors (Lipinski definition) is 1. The Bertz CT molecular complexity index is 631. The Labute approximate surface area is 163 Å². The number of benzene rings is 1. The van der Waals surface area contributed by atoms with Gasteiger partial charge in [0, 0.05) is 17.6 Å². The summed E-state index contributed by atoms with van der Waals surface area (Å²) in [5.41, 5.74) is 0.692. The van der Waals surface area contributed by atoms with E-state index in [4.69, 9.17) is 0 Å². The highest BCUT2D eigenvalue weighted by Gasteiger charge is 2.47. The summed E-state index contributed by atoms with van der Waals surface area (Å²) < 4.78 is 0. The van der Waals surface area contributed by atoms with Gasteiger partial charge in [-0.2, -0.15) is 0 Å². The fraction of sp³-hybridized carbons (Fsp3) is 0.652. The molecule has 3 rings (SSSR count). The van der Waals surface area contributed by atoms with Crippen LogP contribution in [0.4, 0.5) is 0 Å². The van der Waals surface area contributed by atoms with E-state index in [1.165, 1.54) is 19.3 Å². The van der Waals surface area contributed by atoms with Crippen molar-refractivity contribution in [1.29, 1.82) is 0 Å². The predicted molar refractivity (Wildman–Crippen MR) is 109 cm³/mol. The van der Waals surface area contributed by atoms with Crippen LogP contribution in [0.2, 0.25) is 0 Å². The lowest BCUT2D eigenvalue weighted by Gasteiger charge is -2.34. The lowest BCUT2D eigenvalue weighted by molar-refractivity contribution is -0.125. The number of rotatable bonds is 7. The summed E-state index contributed by atoms with van der Waals surface area (Å²) in [6.07, 6.45) is 9.89. The highest BCUT2D eigenvalue weighted by molar-refractivity contribution is 5.98. The third-order valence-electron chi connectivity index (χ3n) is 6.28. The zero-order chi connectivity index (χ0) is 19.2. The third-order valence-corrected chi connectivity index (χ3v) is 6.28. The van der Waals surface area contributed by atoms with Gasteiger partial charge in [0.15, 0.2) is 0 Å². The molecule has 0 aromatic heterocycles. The number of nitrogens with zero attached hydrogens (tertiary/aromatic N) is 1. The summed E-state index contributed by atoms with van der Waals surface area (Å²) in [4.78, 5) is 28.3. The summed E-state index contributed by atoms with van der Waals surface area (Å²) in [5, 5.41) is 3.19. The Morgan fingerprint density at radius 3 is 2.63 bits per heavy atom. The lowest BCUT2D eigenvalue weighted by atomic mass is 9.84. The van der Waals surface area contributed by atoms with Crippen LogP contribution in [-0.2, 0) is 4.79 Å². The van der Waals surface area contributed by atoms with Crippen molar-refractivity contribution in [2.24, 2.45) is 5.92 Å². The van der Waals surface area contributed by atoms with Gasteiger partial charge < -0.3 is 10.2 Å². The van der Waals surface area contributed by atoms with Gasteiger partial charge in [-0.25, -0.2) is 0 Å². The number of nitrogens with one attached hydrogen (secondary N) is 1. The van der Waals surface area contributed by atoms with Crippen LogP contribution >= 0.6 is 0 Å². The molecule has 1 aromatic rings. The molecule has 1 aromatic carbocycles. The first kappa shape index (κ1) is 19.9. The molecule has 148 valence electrons. The van der Waals surface area contributed by atoms with E-state index in [-0.39, 0.29) is 29.9 Å². The molecular formula is C23H34N2O2. The molecule has 4 atom stereocenters. The molecule has 0 spiro atoms. The van der Waals surface area contributed by atoms with E-state index in [0.717, 1.165) is 38.5 Å². The van der Waals surface area contributed by atoms with Crippen LogP contribution in [0.1, 0.15) is 82.0 Å². The number of amides is 2. The maximum Gasteiger partial charge on any atom is 0.254 e. The van der Waals surface area contributed by atoms with Gasteiger partial charge in [0.05, 0.1) is 0 Å². The quantitative estimate of drug-likeness (QED) is 0.716. The molecule has 4 heteroatoms. The molecule has 0 bridgehead atoms.